The van der Waals surface area contributed by atoms with Gasteiger partial charge in [-0.1, -0.05) is 6.07 Å². The number of nitrogens with one attached hydrogen (secondary N) is 2. The number of anilines is 3. The Morgan fingerprint density at radius 3 is 2.52 bits per heavy atom. The molecule has 150 valence electrons. The van der Waals surface area contributed by atoms with E-state index in [-0.39, 0.29) is 5.56 Å². The summed E-state index contributed by atoms with van der Waals surface area (Å²) >= 11 is 0. The van der Waals surface area contributed by atoms with Crippen molar-refractivity contribution >= 4 is 17.6 Å². The maximum absolute atomic E-state index is 12.2. The Kier molecular flexibility index (Phi) is 5.29. The van der Waals surface area contributed by atoms with Gasteiger partial charge in [-0.3, -0.25) is 9.78 Å². The molecular formula is C22H26N6O. The molecule has 1 aliphatic heterocycles. The highest BCUT2D eigenvalue weighted by Crippen LogP contribution is 2.24. The molecule has 0 saturated carbocycles. The number of hydrogen-bond donors (Lipinski definition) is 2. The van der Waals surface area contributed by atoms with E-state index in [9.17, 15) is 4.79 Å². The molecule has 0 atom stereocenters. The van der Waals surface area contributed by atoms with Gasteiger partial charge in [0.15, 0.2) is 0 Å². The highest BCUT2D eigenvalue weighted by molar-refractivity contribution is 5.64. The monoisotopic (exact) mass is 390 g/mol. The molecular weight excluding hydrogens is 364 g/mol. The maximum atomic E-state index is 12.2. The normalized spacial score (nSPS) is 14.1. The number of aryl methyl sites for hydroxylation is 3. The molecule has 7 nitrogen and oxygen atoms in total. The van der Waals surface area contributed by atoms with E-state index in [0.29, 0.717) is 11.6 Å². The first kappa shape index (κ1) is 19.1. The van der Waals surface area contributed by atoms with Gasteiger partial charge in [0.05, 0.1) is 11.4 Å². The van der Waals surface area contributed by atoms with E-state index in [1.165, 1.54) is 36.5 Å². The van der Waals surface area contributed by atoms with Crippen LogP contribution >= 0.6 is 0 Å². The van der Waals surface area contributed by atoms with Gasteiger partial charge in [0.25, 0.3) is 5.56 Å². The second-order valence-corrected chi connectivity index (χ2v) is 7.62. The topological polar surface area (TPSA) is 86.8 Å². The van der Waals surface area contributed by atoms with Crippen LogP contribution in [0.25, 0.3) is 11.3 Å². The number of benzene rings is 1. The Hall–Kier alpha value is -3.22. The van der Waals surface area contributed by atoms with Crippen molar-refractivity contribution in [2.45, 2.75) is 40.0 Å². The fraction of sp³-hybridized carbons (Fsp3) is 0.364. The number of H-pyrrole nitrogens is 1. The molecule has 0 spiro atoms. The molecule has 0 amide bonds. The quantitative estimate of drug-likeness (QED) is 0.703. The Morgan fingerprint density at radius 2 is 1.79 bits per heavy atom. The highest BCUT2D eigenvalue weighted by Gasteiger charge is 2.16. The van der Waals surface area contributed by atoms with Crippen LogP contribution in [0.15, 0.2) is 35.3 Å². The standard InChI is InChI=1S/C22H26N6O/c1-14-7-8-17(11-15(14)2)25-21-26-19(12-20(29)27-21)18-13-23-22(24-16(18)3)28-9-5-4-6-10-28/h7-8,11-13H,4-6,9-10H2,1-3H3,(H2,25,26,27,29). The minimum absolute atomic E-state index is 0.221. The third-order valence-electron chi connectivity index (χ3n) is 5.39. The van der Waals surface area contributed by atoms with Gasteiger partial charge >= 0.3 is 0 Å². The smallest absolute Gasteiger partial charge is 0.252 e. The fourth-order valence-corrected chi connectivity index (χ4v) is 3.56. The van der Waals surface area contributed by atoms with E-state index in [0.717, 1.165) is 36.0 Å². The molecule has 1 aromatic carbocycles. The molecule has 7 heteroatoms. The van der Waals surface area contributed by atoms with Crippen molar-refractivity contribution in [1.29, 1.82) is 0 Å². The van der Waals surface area contributed by atoms with Crippen molar-refractivity contribution in [3.05, 3.63) is 57.6 Å². The summed E-state index contributed by atoms with van der Waals surface area (Å²) in [5.41, 5.74) is 5.18. The summed E-state index contributed by atoms with van der Waals surface area (Å²) in [6.45, 7) is 8.04. The van der Waals surface area contributed by atoms with Crippen molar-refractivity contribution in [3.63, 3.8) is 0 Å². The Bertz CT molecular complexity index is 1080. The van der Waals surface area contributed by atoms with Gasteiger partial charge in [0.1, 0.15) is 0 Å². The van der Waals surface area contributed by atoms with Crippen LogP contribution in [-0.2, 0) is 0 Å². The summed E-state index contributed by atoms with van der Waals surface area (Å²) in [4.78, 5) is 31.0. The predicted octanol–water partition coefficient (Wildman–Crippen LogP) is 3.89. The predicted molar refractivity (Wildman–Crippen MR) is 116 cm³/mol. The molecule has 2 N–H and O–H groups in total. The number of aromatic amines is 1. The fourth-order valence-electron chi connectivity index (χ4n) is 3.56. The van der Waals surface area contributed by atoms with E-state index >= 15 is 0 Å². The summed E-state index contributed by atoms with van der Waals surface area (Å²) in [5.74, 6) is 1.15. The Morgan fingerprint density at radius 1 is 1.00 bits per heavy atom. The average Bonchev–Trinajstić information content (AvgIpc) is 2.71. The Labute approximate surface area is 170 Å². The van der Waals surface area contributed by atoms with Crippen LogP contribution in [0.3, 0.4) is 0 Å². The van der Waals surface area contributed by atoms with Crippen molar-refractivity contribution in [3.8, 4) is 11.3 Å². The van der Waals surface area contributed by atoms with Gasteiger partial charge in [0, 0.05) is 36.6 Å². The number of aromatic nitrogens is 4. The number of rotatable bonds is 4. The lowest BCUT2D eigenvalue weighted by Crippen LogP contribution is -2.31. The zero-order valence-corrected chi connectivity index (χ0v) is 17.1. The van der Waals surface area contributed by atoms with Crippen molar-refractivity contribution in [2.24, 2.45) is 0 Å². The zero-order valence-electron chi connectivity index (χ0n) is 17.1. The minimum atomic E-state index is -0.221. The van der Waals surface area contributed by atoms with Crippen LogP contribution in [0.2, 0.25) is 0 Å². The van der Waals surface area contributed by atoms with Gasteiger partial charge < -0.3 is 10.2 Å². The molecule has 4 rings (SSSR count). The van der Waals surface area contributed by atoms with Gasteiger partial charge in [-0.25, -0.2) is 15.0 Å². The summed E-state index contributed by atoms with van der Waals surface area (Å²) in [7, 11) is 0. The van der Waals surface area contributed by atoms with E-state index in [1.54, 1.807) is 6.20 Å². The molecule has 1 aliphatic rings. The SMILES string of the molecule is Cc1ccc(Nc2nc(-c3cnc(N4CCCCC4)nc3C)cc(=O)[nH]2)cc1C. The van der Waals surface area contributed by atoms with Crippen molar-refractivity contribution in [1.82, 2.24) is 19.9 Å². The number of nitrogens with zero attached hydrogens (tertiary/aromatic N) is 4. The van der Waals surface area contributed by atoms with E-state index in [1.807, 2.05) is 25.1 Å². The molecule has 3 aromatic rings. The van der Waals surface area contributed by atoms with Gasteiger partial charge in [-0.05, 0) is 63.3 Å². The maximum Gasteiger partial charge on any atom is 0.252 e. The van der Waals surface area contributed by atoms with Crippen molar-refractivity contribution in [2.75, 3.05) is 23.3 Å². The number of piperidine rings is 1. The lowest BCUT2D eigenvalue weighted by molar-refractivity contribution is 0.568. The second-order valence-electron chi connectivity index (χ2n) is 7.62. The minimum Gasteiger partial charge on any atom is -0.341 e. The largest absolute Gasteiger partial charge is 0.341 e. The first-order chi connectivity index (χ1) is 14.0. The van der Waals surface area contributed by atoms with Gasteiger partial charge in [0.2, 0.25) is 11.9 Å². The van der Waals surface area contributed by atoms with Crippen LogP contribution < -0.4 is 15.8 Å². The molecule has 0 radical (unpaired) electrons. The third-order valence-corrected chi connectivity index (χ3v) is 5.39. The lowest BCUT2D eigenvalue weighted by Gasteiger charge is -2.26. The number of hydrogen-bond acceptors (Lipinski definition) is 6. The second kappa shape index (κ2) is 8.03. The van der Waals surface area contributed by atoms with Crippen LogP contribution in [0.5, 0.6) is 0 Å². The zero-order chi connectivity index (χ0) is 20.4. The molecule has 1 fully saturated rings. The average molecular weight is 390 g/mol. The van der Waals surface area contributed by atoms with E-state index in [4.69, 9.17) is 0 Å². The lowest BCUT2D eigenvalue weighted by atomic mass is 10.1. The molecule has 3 heterocycles. The third kappa shape index (κ3) is 4.29. The highest BCUT2D eigenvalue weighted by atomic mass is 16.1. The first-order valence-electron chi connectivity index (χ1n) is 10.0. The molecule has 0 bridgehead atoms. The first-order valence-corrected chi connectivity index (χ1v) is 10.0. The van der Waals surface area contributed by atoms with Gasteiger partial charge in [-0.2, -0.15) is 0 Å². The molecule has 0 aliphatic carbocycles. The van der Waals surface area contributed by atoms with Crippen LogP contribution in [0, 0.1) is 20.8 Å². The van der Waals surface area contributed by atoms with Crippen molar-refractivity contribution < 1.29 is 0 Å². The molecule has 2 aromatic heterocycles. The summed E-state index contributed by atoms with van der Waals surface area (Å²) in [6.07, 6.45) is 5.38. The van der Waals surface area contributed by atoms with Crippen LogP contribution in [0.1, 0.15) is 36.1 Å². The molecule has 29 heavy (non-hydrogen) atoms. The van der Waals surface area contributed by atoms with E-state index in [2.05, 4.69) is 44.0 Å². The molecule has 0 unspecified atom stereocenters. The van der Waals surface area contributed by atoms with E-state index < -0.39 is 0 Å². The summed E-state index contributed by atoms with van der Waals surface area (Å²) in [6, 6.07) is 7.52. The molecule has 1 saturated heterocycles. The summed E-state index contributed by atoms with van der Waals surface area (Å²) in [5, 5.41) is 3.19. The van der Waals surface area contributed by atoms with Gasteiger partial charge in [-0.15, -0.1) is 0 Å². The van der Waals surface area contributed by atoms with Crippen LogP contribution in [-0.4, -0.2) is 33.0 Å². The summed E-state index contributed by atoms with van der Waals surface area (Å²) < 4.78 is 0. The van der Waals surface area contributed by atoms with Crippen LogP contribution in [0.4, 0.5) is 17.6 Å². The Balaban J connectivity index is 1.63.